The molecule has 2 heterocycles. The van der Waals surface area contributed by atoms with Crippen LogP contribution in [-0.4, -0.2) is 33.6 Å². The highest BCUT2D eigenvalue weighted by molar-refractivity contribution is 8.00. The molecule has 7 nitrogen and oxygen atoms in total. The van der Waals surface area contributed by atoms with E-state index < -0.39 is 17.7 Å². The summed E-state index contributed by atoms with van der Waals surface area (Å²) >= 11 is 2.77. The summed E-state index contributed by atoms with van der Waals surface area (Å²) in [5.41, 5.74) is 4.50. The van der Waals surface area contributed by atoms with Gasteiger partial charge in [0.2, 0.25) is 5.13 Å². The second-order valence-corrected chi connectivity index (χ2v) is 13.3. The normalized spacial score (nSPS) is 16.7. The molecule has 0 spiro atoms. The van der Waals surface area contributed by atoms with Crippen molar-refractivity contribution in [2.75, 3.05) is 11.5 Å². The number of aromatic nitrogens is 2. The monoisotopic (exact) mass is 599 g/mol. The average molecular weight is 600 g/mol. The molecule has 0 bridgehead atoms. The van der Waals surface area contributed by atoms with Crippen LogP contribution in [0.15, 0.2) is 82.7 Å². The molecule has 0 aliphatic carbocycles. The lowest BCUT2D eigenvalue weighted by molar-refractivity contribution is -0.132. The molecule has 1 fully saturated rings. The molecule has 1 unspecified atom stereocenters. The van der Waals surface area contributed by atoms with Crippen molar-refractivity contribution in [2.24, 2.45) is 0 Å². The third-order valence-corrected chi connectivity index (χ3v) is 9.19. The summed E-state index contributed by atoms with van der Waals surface area (Å²) in [4.78, 5) is 28.5. The lowest BCUT2D eigenvalue weighted by Crippen LogP contribution is -2.29. The summed E-state index contributed by atoms with van der Waals surface area (Å²) in [5, 5.41) is 20.4. The van der Waals surface area contributed by atoms with Crippen LogP contribution in [-0.2, 0) is 20.8 Å². The molecule has 0 saturated carbocycles. The number of thioether (sulfide) groups is 1. The number of hydrogen-bond donors (Lipinski definition) is 1. The number of aliphatic hydroxyl groups is 1. The van der Waals surface area contributed by atoms with E-state index in [0.29, 0.717) is 38.7 Å². The van der Waals surface area contributed by atoms with Crippen LogP contribution in [0.3, 0.4) is 0 Å². The number of carbonyl (C=O) groups is 2. The van der Waals surface area contributed by atoms with E-state index in [4.69, 9.17) is 4.74 Å². The molecule has 1 atom stereocenters. The van der Waals surface area contributed by atoms with Crippen LogP contribution in [0, 0.1) is 6.92 Å². The van der Waals surface area contributed by atoms with Crippen LogP contribution < -0.4 is 9.64 Å². The molecule has 1 saturated heterocycles. The molecule has 1 aromatic heterocycles. The maximum atomic E-state index is 13.6. The summed E-state index contributed by atoms with van der Waals surface area (Å²) in [6, 6.07) is 22.0. The molecule has 1 amide bonds. The molecule has 0 radical (unpaired) electrons. The third kappa shape index (κ3) is 6.12. The Balaban J connectivity index is 1.54. The number of ketones is 1. The first kappa shape index (κ1) is 29.5. The summed E-state index contributed by atoms with van der Waals surface area (Å²) in [5.74, 6) is -0.423. The molecule has 5 rings (SSSR count). The molecular weight excluding hydrogens is 567 g/mol. The van der Waals surface area contributed by atoms with Gasteiger partial charge >= 0.3 is 5.91 Å². The van der Waals surface area contributed by atoms with Gasteiger partial charge in [-0.15, -0.1) is 10.2 Å². The van der Waals surface area contributed by atoms with E-state index in [0.717, 1.165) is 11.1 Å². The number of nitrogens with zero attached hydrogens (tertiary/aromatic N) is 3. The minimum atomic E-state index is -0.867. The molecule has 1 aliphatic heterocycles. The molecule has 1 N–H and O–H groups in total. The summed E-state index contributed by atoms with van der Waals surface area (Å²) in [6.45, 7) is 10.8. The second-order valence-electron chi connectivity index (χ2n) is 11.1. The Kier molecular flexibility index (Phi) is 8.52. The Labute approximate surface area is 254 Å². The topological polar surface area (TPSA) is 92.6 Å². The van der Waals surface area contributed by atoms with Gasteiger partial charge in [0, 0.05) is 11.3 Å². The quantitative estimate of drug-likeness (QED) is 0.0739. The van der Waals surface area contributed by atoms with Crippen molar-refractivity contribution in [2.45, 2.75) is 56.2 Å². The zero-order valence-electron chi connectivity index (χ0n) is 24.2. The van der Waals surface area contributed by atoms with Crippen LogP contribution in [0.5, 0.6) is 5.75 Å². The number of anilines is 1. The van der Waals surface area contributed by atoms with Crippen LogP contribution >= 0.6 is 23.1 Å². The molecular formula is C33H33N3O4S2. The highest BCUT2D eigenvalue weighted by atomic mass is 32.2. The molecule has 3 aromatic carbocycles. The van der Waals surface area contributed by atoms with E-state index in [-0.39, 0.29) is 16.7 Å². The van der Waals surface area contributed by atoms with Gasteiger partial charge in [0.15, 0.2) is 4.34 Å². The van der Waals surface area contributed by atoms with Crippen molar-refractivity contribution in [3.63, 3.8) is 0 Å². The Hall–Kier alpha value is -3.95. The van der Waals surface area contributed by atoms with Gasteiger partial charge in [-0.25, -0.2) is 0 Å². The van der Waals surface area contributed by atoms with Gasteiger partial charge in [0.25, 0.3) is 5.78 Å². The number of aryl methyl sites for hydroxylation is 1. The summed E-state index contributed by atoms with van der Waals surface area (Å²) in [7, 11) is 0. The van der Waals surface area contributed by atoms with Gasteiger partial charge in [-0.1, -0.05) is 98.0 Å². The predicted molar refractivity (Wildman–Crippen MR) is 168 cm³/mol. The average Bonchev–Trinajstić information content (AvgIpc) is 3.54. The number of ether oxygens (including phenoxy) is 1. The molecule has 9 heteroatoms. The van der Waals surface area contributed by atoms with E-state index >= 15 is 0 Å². The van der Waals surface area contributed by atoms with Crippen LogP contribution in [0.25, 0.3) is 5.76 Å². The van der Waals surface area contributed by atoms with Crippen molar-refractivity contribution >= 4 is 45.7 Å². The smallest absolute Gasteiger partial charge is 0.301 e. The van der Waals surface area contributed by atoms with Gasteiger partial charge in [-0.3, -0.25) is 14.5 Å². The SMILES string of the molecule is CCOc1ccc(/C(O)=C2/C(=O)C(=O)N(c3nnc(SCc4ccc(C)cc4)s3)C2c2ccc(C(C)(C)C)cc2)cc1. The predicted octanol–water partition coefficient (Wildman–Crippen LogP) is 7.46. The standard InChI is InChI=1S/C33H33N3O4S2/c1-6-40-25-17-13-23(14-18-25)28(37)26-27(22-11-15-24(16-12-22)33(3,4)5)36(30(39)29(26)38)31-34-35-32(42-31)41-19-21-9-7-20(2)8-10-21/h7-18,27,37H,6,19H2,1-5H3/b28-26-. The number of Topliss-reactive ketones (excluding diaryl/α,β-unsaturated/α-hetero) is 1. The zero-order valence-corrected chi connectivity index (χ0v) is 25.9. The van der Waals surface area contributed by atoms with E-state index in [9.17, 15) is 14.7 Å². The first-order chi connectivity index (χ1) is 20.1. The Morgan fingerprint density at radius 2 is 1.64 bits per heavy atom. The highest BCUT2D eigenvalue weighted by Crippen LogP contribution is 2.44. The van der Waals surface area contributed by atoms with Crippen molar-refractivity contribution in [1.82, 2.24) is 10.2 Å². The summed E-state index contributed by atoms with van der Waals surface area (Å²) in [6.07, 6.45) is 0. The number of carbonyl (C=O) groups excluding carboxylic acids is 2. The number of rotatable bonds is 8. The van der Waals surface area contributed by atoms with Crippen LogP contribution in [0.1, 0.15) is 61.6 Å². The fraction of sp³-hybridized carbons (Fsp3) is 0.273. The van der Waals surface area contributed by atoms with Crippen LogP contribution in [0.2, 0.25) is 0 Å². The fourth-order valence-electron chi connectivity index (χ4n) is 4.73. The number of benzene rings is 3. The number of aliphatic hydroxyl groups excluding tert-OH is 1. The minimum Gasteiger partial charge on any atom is -0.507 e. The Bertz CT molecular complexity index is 1620. The first-order valence-corrected chi connectivity index (χ1v) is 15.5. The minimum absolute atomic E-state index is 0.0109. The zero-order chi connectivity index (χ0) is 30.0. The first-order valence-electron chi connectivity index (χ1n) is 13.7. The van der Waals surface area contributed by atoms with E-state index in [1.165, 1.54) is 33.6 Å². The van der Waals surface area contributed by atoms with Crippen molar-refractivity contribution in [3.05, 3.63) is 106 Å². The molecule has 4 aromatic rings. The third-order valence-electron chi connectivity index (χ3n) is 7.06. The largest absolute Gasteiger partial charge is 0.507 e. The maximum Gasteiger partial charge on any atom is 0.301 e. The van der Waals surface area contributed by atoms with Crippen molar-refractivity contribution < 1.29 is 19.4 Å². The number of amides is 1. The van der Waals surface area contributed by atoms with Gasteiger partial charge in [0.05, 0.1) is 18.2 Å². The second kappa shape index (κ2) is 12.1. The Morgan fingerprint density at radius 1 is 0.976 bits per heavy atom. The van der Waals surface area contributed by atoms with E-state index in [1.807, 2.05) is 38.1 Å². The fourth-order valence-corrected chi connectivity index (χ4v) is 6.55. The molecule has 1 aliphatic rings. The van der Waals surface area contributed by atoms with Gasteiger partial charge in [-0.2, -0.15) is 0 Å². The Morgan fingerprint density at radius 3 is 2.26 bits per heavy atom. The highest BCUT2D eigenvalue weighted by Gasteiger charge is 2.48. The van der Waals surface area contributed by atoms with Crippen LogP contribution in [0.4, 0.5) is 5.13 Å². The van der Waals surface area contributed by atoms with Crippen molar-refractivity contribution in [1.29, 1.82) is 0 Å². The van der Waals surface area contributed by atoms with E-state index in [2.05, 4.69) is 55.2 Å². The van der Waals surface area contributed by atoms with Gasteiger partial charge < -0.3 is 9.84 Å². The maximum absolute atomic E-state index is 13.6. The lowest BCUT2D eigenvalue weighted by Gasteiger charge is -2.24. The molecule has 42 heavy (non-hydrogen) atoms. The van der Waals surface area contributed by atoms with E-state index in [1.54, 1.807) is 24.3 Å². The summed E-state index contributed by atoms with van der Waals surface area (Å²) < 4.78 is 6.20. The van der Waals surface area contributed by atoms with Crippen molar-refractivity contribution in [3.8, 4) is 5.75 Å². The van der Waals surface area contributed by atoms with Gasteiger partial charge in [-0.05, 0) is 60.2 Å². The number of hydrogen-bond acceptors (Lipinski definition) is 8. The lowest BCUT2D eigenvalue weighted by atomic mass is 9.85. The molecule has 216 valence electrons. The van der Waals surface area contributed by atoms with Gasteiger partial charge in [0.1, 0.15) is 11.5 Å².